The first-order chi connectivity index (χ1) is 10.8. The molecule has 0 aliphatic heterocycles. The summed E-state index contributed by atoms with van der Waals surface area (Å²) in [6.07, 6.45) is 0. The minimum absolute atomic E-state index is 0.0546. The number of halogens is 1. The second-order valence-corrected chi connectivity index (χ2v) is 7.26. The Morgan fingerprint density at radius 3 is 2.48 bits per heavy atom. The summed E-state index contributed by atoms with van der Waals surface area (Å²) in [6, 6.07) is 11.6. The molecule has 2 rings (SSSR count). The van der Waals surface area contributed by atoms with E-state index in [4.69, 9.17) is 11.6 Å². The van der Waals surface area contributed by atoms with Crippen molar-refractivity contribution in [2.24, 2.45) is 0 Å². The number of carbonyl (C=O) groups excluding carboxylic acids is 1. The molecular formula is C16H17ClN2O3S. The number of hydrogen-bond acceptors (Lipinski definition) is 3. The van der Waals surface area contributed by atoms with Gasteiger partial charge >= 0.3 is 0 Å². The number of rotatable bonds is 5. The number of carbonyl (C=O) groups is 1. The van der Waals surface area contributed by atoms with E-state index < -0.39 is 15.9 Å². The van der Waals surface area contributed by atoms with E-state index in [2.05, 4.69) is 10.0 Å². The van der Waals surface area contributed by atoms with Crippen molar-refractivity contribution < 1.29 is 13.2 Å². The third-order valence-corrected chi connectivity index (χ3v) is 5.11. The first kappa shape index (κ1) is 17.5. The fraction of sp³-hybridized carbons (Fsp3) is 0.188. The topological polar surface area (TPSA) is 75.3 Å². The monoisotopic (exact) mass is 352 g/mol. The fourth-order valence-corrected chi connectivity index (χ4v) is 3.55. The molecule has 0 bridgehead atoms. The molecule has 1 amide bonds. The van der Waals surface area contributed by atoms with Crippen LogP contribution in [0.5, 0.6) is 0 Å². The maximum absolute atomic E-state index is 12.1. The van der Waals surface area contributed by atoms with Gasteiger partial charge in [0.1, 0.15) is 4.90 Å². The molecule has 23 heavy (non-hydrogen) atoms. The standard InChI is InChI=1S/C16H17ClN2O3S/c1-11-7-8-14(12(2)9-11)19-16(20)10-18-23(21,22)15-6-4-3-5-13(15)17/h3-9,18H,10H2,1-2H3,(H,19,20). The van der Waals surface area contributed by atoms with Crippen LogP contribution in [0.2, 0.25) is 5.02 Å². The molecular weight excluding hydrogens is 336 g/mol. The molecule has 0 fully saturated rings. The number of amides is 1. The van der Waals surface area contributed by atoms with Crippen LogP contribution in [0.15, 0.2) is 47.4 Å². The average Bonchev–Trinajstić information content (AvgIpc) is 2.48. The number of nitrogens with one attached hydrogen (secondary N) is 2. The maximum Gasteiger partial charge on any atom is 0.242 e. The number of anilines is 1. The van der Waals surface area contributed by atoms with Gasteiger partial charge in [0, 0.05) is 5.69 Å². The lowest BCUT2D eigenvalue weighted by Gasteiger charge is -2.11. The fourth-order valence-electron chi connectivity index (χ4n) is 2.05. The van der Waals surface area contributed by atoms with Gasteiger partial charge in [-0.2, -0.15) is 0 Å². The molecule has 2 N–H and O–H groups in total. The summed E-state index contributed by atoms with van der Waals surface area (Å²) < 4.78 is 26.5. The van der Waals surface area contributed by atoms with Crippen molar-refractivity contribution >= 4 is 33.2 Å². The molecule has 0 heterocycles. The van der Waals surface area contributed by atoms with Crippen molar-refractivity contribution in [2.45, 2.75) is 18.7 Å². The highest BCUT2D eigenvalue weighted by Crippen LogP contribution is 2.20. The van der Waals surface area contributed by atoms with Gasteiger partial charge in [-0.05, 0) is 37.6 Å². The van der Waals surface area contributed by atoms with Gasteiger partial charge in [-0.1, -0.05) is 41.4 Å². The van der Waals surface area contributed by atoms with Gasteiger partial charge in [0.05, 0.1) is 11.6 Å². The van der Waals surface area contributed by atoms with E-state index in [-0.39, 0.29) is 16.5 Å². The molecule has 0 saturated carbocycles. The summed E-state index contributed by atoms with van der Waals surface area (Å²) >= 11 is 5.87. The maximum atomic E-state index is 12.1. The number of sulfonamides is 1. The summed E-state index contributed by atoms with van der Waals surface area (Å²) in [5.74, 6) is -0.451. The second-order valence-electron chi connectivity index (χ2n) is 5.12. The number of benzene rings is 2. The van der Waals surface area contributed by atoms with Crippen molar-refractivity contribution in [2.75, 3.05) is 11.9 Å². The van der Waals surface area contributed by atoms with Crippen LogP contribution in [0.25, 0.3) is 0 Å². The quantitative estimate of drug-likeness (QED) is 0.868. The molecule has 7 heteroatoms. The Morgan fingerprint density at radius 1 is 1.13 bits per heavy atom. The zero-order valence-corrected chi connectivity index (χ0v) is 14.3. The molecule has 2 aromatic carbocycles. The lowest BCUT2D eigenvalue weighted by atomic mass is 10.1. The molecule has 2 aromatic rings. The molecule has 0 atom stereocenters. The summed E-state index contributed by atoms with van der Waals surface area (Å²) in [5, 5.41) is 2.78. The van der Waals surface area contributed by atoms with E-state index >= 15 is 0 Å². The Morgan fingerprint density at radius 2 is 1.83 bits per heavy atom. The van der Waals surface area contributed by atoms with Gasteiger partial charge in [-0.25, -0.2) is 13.1 Å². The molecule has 5 nitrogen and oxygen atoms in total. The van der Waals surface area contributed by atoms with Gasteiger partial charge < -0.3 is 5.32 Å². The smallest absolute Gasteiger partial charge is 0.242 e. The van der Waals surface area contributed by atoms with Crippen molar-refractivity contribution in [3.63, 3.8) is 0 Å². The number of aryl methyl sites for hydroxylation is 2. The van der Waals surface area contributed by atoms with Crippen LogP contribution in [0.3, 0.4) is 0 Å². The van der Waals surface area contributed by atoms with E-state index in [1.54, 1.807) is 18.2 Å². The van der Waals surface area contributed by atoms with Crippen molar-refractivity contribution in [1.82, 2.24) is 4.72 Å². The van der Waals surface area contributed by atoms with Crippen LogP contribution < -0.4 is 10.0 Å². The Bertz CT molecular complexity index is 835. The van der Waals surface area contributed by atoms with Gasteiger partial charge in [0.2, 0.25) is 15.9 Å². The highest BCUT2D eigenvalue weighted by molar-refractivity contribution is 7.89. The molecule has 0 saturated heterocycles. The number of hydrogen-bond donors (Lipinski definition) is 2. The molecule has 0 unspecified atom stereocenters. The molecule has 0 aromatic heterocycles. The van der Waals surface area contributed by atoms with E-state index in [0.717, 1.165) is 11.1 Å². The largest absolute Gasteiger partial charge is 0.325 e. The highest BCUT2D eigenvalue weighted by atomic mass is 35.5. The van der Waals surface area contributed by atoms with Gasteiger partial charge in [-0.3, -0.25) is 4.79 Å². The summed E-state index contributed by atoms with van der Waals surface area (Å²) in [5.41, 5.74) is 2.64. The first-order valence-corrected chi connectivity index (χ1v) is 8.77. The van der Waals surface area contributed by atoms with Crippen molar-refractivity contribution in [3.8, 4) is 0 Å². The van der Waals surface area contributed by atoms with E-state index in [1.165, 1.54) is 12.1 Å². The van der Waals surface area contributed by atoms with Gasteiger partial charge in [0.15, 0.2) is 0 Å². The summed E-state index contributed by atoms with van der Waals surface area (Å²) in [4.78, 5) is 11.9. The normalized spacial score (nSPS) is 11.3. The third-order valence-electron chi connectivity index (χ3n) is 3.20. The van der Waals surface area contributed by atoms with Gasteiger partial charge in [-0.15, -0.1) is 0 Å². The SMILES string of the molecule is Cc1ccc(NC(=O)CNS(=O)(=O)c2ccccc2Cl)c(C)c1. The molecule has 0 aliphatic rings. The van der Waals surface area contributed by atoms with Crippen LogP contribution in [-0.2, 0) is 14.8 Å². The Labute approximate surface area is 140 Å². The van der Waals surface area contributed by atoms with Crippen LogP contribution in [0.1, 0.15) is 11.1 Å². The lowest BCUT2D eigenvalue weighted by Crippen LogP contribution is -2.33. The molecule has 0 radical (unpaired) electrons. The molecule has 122 valence electrons. The Balaban J connectivity index is 2.03. The predicted molar refractivity (Wildman–Crippen MR) is 91.2 cm³/mol. The predicted octanol–water partition coefficient (Wildman–Crippen LogP) is 2.87. The highest BCUT2D eigenvalue weighted by Gasteiger charge is 2.18. The first-order valence-electron chi connectivity index (χ1n) is 6.91. The van der Waals surface area contributed by atoms with Crippen LogP contribution >= 0.6 is 11.6 Å². The van der Waals surface area contributed by atoms with Crippen molar-refractivity contribution in [3.05, 3.63) is 58.6 Å². The summed E-state index contributed by atoms with van der Waals surface area (Å²) in [7, 11) is -3.84. The zero-order valence-electron chi connectivity index (χ0n) is 12.8. The third kappa shape index (κ3) is 4.54. The average molecular weight is 353 g/mol. The van der Waals surface area contributed by atoms with E-state index in [9.17, 15) is 13.2 Å². The van der Waals surface area contributed by atoms with Crippen LogP contribution in [-0.4, -0.2) is 20.9 Å². The van der Waals surface area contributed by atoms with Crippen LogP contribution in [0, 0.1) is 13.8 Å². The van der Waals surface area contributed by atoms with Crippen LogP contribution in [0.4, 0.5) is 5.69 Å². The Kier molecular flexibility index (Phi) is 5.41. The summed E-state index contributed by atoms with van der Waals surface area (Å²) in [6.45, 7) is 3.45. The Hall–Kier alpha value is -1.89. The minimum atomic E-state index is -3.84. The lowest BCUT2D eigenvalue weighted by molar-refractivity contribution is -0.115. The van der Waals surface area contributed by atoms with Gasteiger partial charge in [0.25, 0.3) is 0 Å². The minimum Gasteiger partial charge on any atom is -0.325 e. The zero-order chi connectivity index (χ0) is 17.0. The van der Waals surface area contributed by atoms with E-state index in [1.807, 2.05) is 26.0 Å². The van der Waals surface area contributed by atoms with Crippen molar-refractivity contribution in [1.29, 1.82) is 0 Å². The van der Waals surface area contributed by atoms with E-state index in [0.29, 0.717) is 5.69 Å². The molecule has 0 spiro atoms. The molecule has 0 aliphatic carbocycles. The second kappa shape index (κ2) is 7.12.